The van der Waals surface area contributed by atoms with Gasteiger partial charge in [0.2, 0.25) is 0 Å². The number of nitrogens with zero attached hydrogens (tertiary/aromatic N) is 2. The van der Waals surface area contributed by atoms with E-state index in [2.05, 4.69) is 15.5 Å². The van der Waals surface area contributed by atoms with Crippen LogP contribution in [0.1, 0.15) is 10.9 Å². The number of rotatable bonds is 1. The lowest BCUT2D eigenvalue weighted by atomic mass is 10.3. The average Bonchev–Trinajstić information content (AvgIpc) is 2.54. The molecule has 1 unspecified atom stereocenters. The van der Waals surface area contributed by atoms with E-state index in [0.29, 0.717) is 5.17 Å². The molecule has 1 aromatic heterocycles. The van der Waals surface area contributed by atoms with Crippen molar-refractivity contribution in [1.82, 2.24) is 10.4 Å². The minimum Gasteiger partial charge on any atom is -0.377 e. The maximum absolute atomic E-state index is 5.50. The summed E-state index contributed by atoms with van der Waals surface area (Å²) in [5, 5.41) is 4.61. The predicted octanol–water partition coefficient (Wildman–Crippen LogP) is 0.646. The minimum absolute atomic E-state index is 0.146. The molecule has 0 bridgehead atoms. The Bertz CT molecular complexity index is 298. The molecule has 2 heterocycles. The molecule has 0 saturated carbocycles. The molecule has 0 radical (unpaired) electrons. The summed E-state index contributed by atoms with van der Waals surface area (Å²) in [7, 11) is 0. The number of hydrogen-bond acceptors (Lipinski definition) is 5. The van der Waals surface area contributed by atoms with Gasteiger partial charge in [0.25, 0.3) is 0 Å². The van der Waals surface area contributed by atoms with Crippen molar-refractivity contribution < 1.29 is 0 Å². The Morgan fingerprint density at radius 1 is 1.42 bits per heavy atom. The Kier molecular flexibility index (Phi) is 1.87. The third kappa shape index (κ3) is 1.35. The van der Waals surface area contributed by atoms with E-state index in [-0.39, 0.29) is 5.37 Å². The van der Waals surface area contributed by atoms with E-state index in [1.807, 2.05) is 12.1 Å². The highest BCUT2D eigenvalue weighted by Crippen LogP contribution is 2.28. The van der Waals surface area contributed by atoms with E-state index in [4.69, 9.17) is 5.73 Å². The monoisotopic (exact) mass is 180 g/mol. The molecule has 1 aromatic rings. The summed E-state index contributed by atoms with van der Waals surface area (Å²) in [6.07, 6.45) is 3.51. The van der Waals surface area contributed by atoms with E-state index in [9.17, 15) is 0 Å². The van der Waals surface area contributed by atoms with E-state index in [1.165, 1.54) is 11.8 Å². The molecular formula is C7H8N4S. The van der Waals surface area contributed by atoms with Crippen LogP contribution in [0.25, 0.3) is 0 Å². The lowest BCUT2D eigenvalue weighted by Crippen LogP contribution is -2.06. The van der Waals surface area contributed by atoms with Gasteiger partial charge in [-0.25, -0.2) is 0 Å². The number of nitrogens with one attached hydrogen (secondary N) is 1. The van der Waals surface area contributed by atoms with E-state index >= 15 is 0 Å². The third-order valence-corrected chi connectivity index (χ3v) is 2.49. The second-order valence-electron chi connectivity index (χ2n) is 2.36. The van der Waals surface area contributed by atoms with Gasteiger partial charge in [-0.2, -0.15) is 5.10 Å². The first kappa shape index (κ1) is 7.42. The standard InChI is InChI=1S/C7H8N4S/c8-7-11-10-6(12-7)5-1-3-9-4-2-5/h1-4,6,10H,(H2,8,11). The molecule has 0 fully saturated rings. The molecule has 2 rings (SSSR count). The van der Waals surface area contributed by atoms with Crippen LogP contribution in [-0.4, -0.2) is 10.2 Å². The fourth-order valence-corrected chi connectivity index (χ4v) is 1.72. The van der Waals surface area contributed by atoms with Crippen LogP contribution < -0.4 is 11.2 Å². The Hall–Kier alpha value is -1.23. The third-order valence-electron chi connectivity index (χ3n) is 1.54. The first-order valence-electron chi connectivity index (χ1n) is 3.51. The molecule has 1 aliphatic heterocycles. The van der Waals surface area contributed by atoms with Crippen LogP contribution in [0, 0.1) is 0 Å². The van der Waals surface area contributed by atoms with E-state index in [1.54, 1.807) is 12.4 Å². The van der Waals surface area contributed by atoms with Crippen LogP contribution >= 0.6 is 11.8 Å². The molecule has 0 spiro atoms. The second kappa shape index (κ2) is 3.02. The first-order valence-corrected chi connectivity index (χ1v) is 4.39. The maximum Gasteiger partial charge on any atom is 0.180 e. The molecule has 0 aromatic carbocycles. The van der Waals surface area contributed by atoms with Gasteiger partial charge in [-0.1, -0.05) is 11.8 Å². The summed E-state index contributed by atoms with van der Waals surface area (Å²) >= 11 is 1.51. The van der Waals surface area contributed by atoms with E-state index in [0.717, 1.165) is 5.56 Å². The molecule has 62 valence electrons. The Labute approximate surface area is 74.3 Å². The summed E-state index contributed by atoms with van der Waals surface area (Å²) in [4.78, 5) is 3.93. The van der Waals surface area contributed by atoms with Gasteiger partial charge >= 0.3 is 0 Å². The molecule has 0 aliphatic carbocycles. The van der Waals surface area contributed by atoms with Crippen LogP contribution in [0.3, 0.4) is 0 Å². The van der Waals surface area contributed by atoms with Gasteiger partial charge in [0.1, 0.15) is 5.37 Å². The van der Waals surface area contributed by atoms with Gasteiger partial charge in [-0.15, -0.1) is 0 Å². The van der Waals surface area contributed by atoms with Crippen molar-refractivity contribution in [3.63, 3.8) is 0 Å². The molecule has 1 aliphatic rings. The quantitative estimate of drug-likeness (QED) is 0.666. The normalized spacial score (nSPS) is 21.7. The van der Waals surface area contributed by atoms with Crippen LogP contribution in [0.5, 0.6) is 0 Å². The first-order chi connectivity index (χ1) is 5.86. The van der Waals surface area contributed by atoms with Crippen molar-refractivity contribution in [1.29, 1.82) is 0 Å². The number of hydrogen-bond donors (Lipinski definition) is 2. The van der Waals surface area contributed by atoms with E-state index < -0.39 is 0 Å². The lowest BCUT2D eigenvalue weighted by molar-refractivity contribution is 0.742. The fraction of sp³-hybridized carbons (Fsp3) is 0.143. The van der Waals surface area contributed by atoms with Crippen LogP contribution in [0.2, 0.25) is 0 Å². The number of amidine groups is 1. The van der Waals surface area contributed by atoms with Crippen LogP contribution in [-0.2, 0) is 0 Å². The lowest BCUT2D eigenvalue weighted by Gasteiger charge is -2.07. The number of aromatic nitrogens is 1. The van der Waals surface area contributed by atoms with Gasteiger partial charge in [0.05, 0.1) is 0 Å². The van der Waals surface area contributed by atoms with Gasteiger partial charge in [0, 0.05) is 12.4 Å². The largest absolute Gasteiger partial charge is 0.377 e. The average molecular weight is 180 g/mol. The van der Waals surface area contributed by atoms with Crippen molar-refractivity contribution in [2.45, 2.75) is 5.37 Å². The zero-order valence-corrected chi connectivity index (χ0v) is 7.08. The molecule has 3 N–H and O–H groups in total. The molecule has 12 heavy (non-hydrogen) atoms. The molecule has 4 nitrogen and oxygen atoms in total. The summed E-state index contributed by atoms with van der Waals surface area (Å²) < 4.78 is 0. The zero-order chi connectivity index (χ0) is 8.39. The number of pyridine rings is 1. The Morgan fingerprint density at radius 3 is 2.75 bits per heavy atom. The van der Waals surface area contributed by atoms with Crippen LogP contribution in [0.15, 0.2) is 29.6 Å². The van der Waals surface area contributed by atoms with Crippen LogP contribution in [0.4, 0.5) is 0 Å². The van der Waals surface area contributed by atoms with Gasteiger partial charge in [-0.3, -0.25) is 10.4 Å². The van der Waals surface area contributed by atoms with Crippen molar-refractivity contribution in [3.8, 4) is 0 Å². The topological polar surface area (TPSA) is 63.3 Å². The van der Waals surface area contributed by atoms with Gasteiger partial charge < -0.3 is 5.73 Å². The molecular weight excluding hydrogens is 172 g/mol. The van der Waals surface area contributed by atoms with Crippen molar-refractivity contribution >= 4 is 16.9 Å². The highest BCUT2D eigenvalue weighted by atomic mass is 32.2. The number of nitrogens with two attached hydrogens (primary N) is 1. The molecule has 0 saturated heterocycles. The SMILES string of the molecule is NC1=NNC(c2ccncc2)S1. The predicted molar refractivity (Wildman–Crippen MR) is 49.3 cm³/mol. The van der Waals surface area contributed by atoms with Crippen molar-refractivity contribution in [2.24, 2.45) is 10.8 Å². The second-order valence-corrected chi connectivity index (χ2v) is 3.48. The number of thioether (sulfide) groups is 1. The summed E-state index contributed by atoms with van der Waals surface area (Å²) in [5.74, 6) is 0. The number of hydrazone groups is 1. The summed E-state index contributed by atoms with van der Waals surface area (Å²) in [5.41, 5.74) is 9.56. The summed E-state index contributed by atoms with van der Waals surface area (Å²) in [6.45, 7) is 0. The molecule has 0 amide bonds. The summed E-state index contributed by atoms with van der Waals surface area (Å²) in [6, 6.07) is 3.89. The highest BCUT2D eigenvalue weighted by molar-refractivity contribution is 8.14. The zero-order valence-electron chi connectivity index (χ0n) is 6.27. The Balaban J connectivity index is 2.14. The fourth-order valence-electron chi connectivity index (χ4n) is 0.977. The maximum atomic E-state index is 5.50. The molecule has 5 heteroatoms. The van der Waals surface area contributed by atoms with Gasteiger partial charge in [0.15, 0.2) is 5.17 Å². The smallest absolute Gasteiger partial charge is 0.180 e. The Morgan fingerprint density at radius 2 is 2.17 bits per heavy atom. The van der Waals surface area contributed by atoms with Gasteiger partial charge in [-0.05, 0) is 17.7 Å². The highest BCUT2D eigenvalue weighted by Gasteiger charge is 2.17. The van der Waals surface area contributed by atoms with Crippen molar-refractivity contribution in [2.75, 3.05) is 0 Å². The minimum atomic E-state index is 0.146. The molecule has 1 atom stereocenters. The van der Waals surface area contributed by atoms with Crippen molar-refractivity contribution in [3.05, 3.63) is 30.1 Å².